The van der Waals surface area contributed by atoms with Crippen LogP contribution in [0.25, 0.3) is 0 Å². The molecule has 0 aromatic rings. The summed E-state index contributed by atoms with van der Waals surface area (Å²) in [7, 11) is 3.61. The molecule has 1 aliphatic rings. The van der Waals surface area contributed by atoms with E-state index in [9.17, 15) is 4.79 Å². The number of hydrogen-bond acceptors (Lipinski definition) is 3. The maximum atomic E-state index is 11.7. The molecule has 1 aliphatic heterocycles. The van der Waals surface area contributed by atoms with E-state index in [-0.39, 0.29) is 11.9 Å². The Hall–Kier alpha value is -0.610. The van der Waals surface area contributed by atoms with E-state index in [2.05, 4.69) is 17.1 Å². The summed E-state index contributed by atoms with van der Waals surface area (Å²) < 4.78 is 0. The van der Waals surface area contributed by atoms with E-state index in [4.69, 9.17) is 0 Å². The standard InChI is InChI=1S/C12H25N3O/c1-5-15-8-6-11(7-9-15)13-10(2)12(16)14(3)4/h10-11,13H,5-9H2,1-4H3/t10-/m1/s1. The van der Waals surface area contributed by atoms with Gasteiger partial charge in [-0.05, 0) is 39.4 Å². The zero-order valence-corrected chi connectivity index (χ0v) is 11.0. The van der Waals surface area contributed by atoms with Crippen molar-refractivity contribution in [3.8, 4) is 0 Å². The Morgan fingerprint density at radius 2 is 2.00 bits per heavy atom. The van der Waals surface area contributed by atoms with E-state index in [1.165, 1.54) is 0 Å². The van der Waals surface area contributed by atoms with Crippen molar-refractivity contribution in [1.82, 2.24) is 15.1 Å². The Morgan fingerprint density at radius 3 is 2.44 bits per heavy atom. The second-order valence-corrected chi connectivity index (χ2v) is 4.83. The molecule has 1 N–H and O–H groups in total. The molecule has 0 aromatic heterocycles. The predicted molar refractivity (Wildman–Crippen MR) is 66.4 cm³/mol. The maximum absolute atomic E-state index is 11.7. The Labute approximate surface area is 99.0 Å². The molecule has 4 heteroatoms. The van der Waals surface area contributed by atoms with Gasteiger partial charge < -0.3 is 15.1 Å². The van der Waals surface area contributed by atoms with Crippen molar-refractivity contribution in [1.29, 1.82) is 0 Å². The lowest BCUT2D eigenvalue weighted by atomic mass is 10.0. The van der Waals surface area contributed by atoms with Crippen LogP contribution in [0.5, 0.6) is 0 Å². The third kappa shape index (κ3) is 3.76. The molecule has 0 saturated carbocycles. The first-order valence-corrected chi connectivity index (χ1v) is 6.24. The molecule has 1 heterocycles. The van der Waals surface area contributed by atoms with Crippen LogP contribution in [0.15, 0.2) is 0 Å². The summed E-state index contributed by atoms with van der Waals surface area (Å²) in [5, 5.41) is 3.43. The largest absolute Gasteiger partial charge is 0.347 e. The van der Waals surface area contributed by atoms with Crippen LogP contribution < -0.4 is 5.32 Å². The van der Waals surface area contributed by atoms with Crippen LogP contribution in [0.4, 0.5) is 0 Å². The number of nitrogens with one attached hydrogen (secondary N) is 1. The van der Waals surface area contributed by atoms with Crippen LogP contribution in [-0.2, 0) is 4.79 Å². The van der Waals surface area contributed by atoms with Gasteiger partial charge in [0.25, 0.3) is 0 Å². The highest BCUT2D eigenvalue weighted by molar-refractivity contribution is 5.80. The van der Waals surface area contributed by atoms with Gasteiger partial charge in [0.2, 0.25) is 5.91 Å². The number of likely N-dealkylation sites (tertiary alicyclic amines) is 1. The molecule has 1 amide bonds. The Balaban J connectivity index is 2.30. The van der Waals surface area contributed by atoms with Crippen molar-refractivity contribution in [2.75, 3.05) is 33.7 Å². The number of likely N-dealkylation sites (N-methyl/N-ethyl adjacent to an activating group) is 1. The lowest BCUT2D eigenvalue weighted by Gasteiger charge is -2.33. The van der Waals surface area contributed by atoms with E-state index in [0.29, 0.717) is 6.04 Å². The number of hydrogen-bond donors (Lipinski definition) is 1. The number of carbonyl (C=O) groups excluding carboxylic acids is 1. The first-order valence-electron chi connectivity index (χ1n) is 6.24. The Kier molecular flexibility index (Phi) is 5.22. The van der Waals surface area contributed by atoms with Gasteiger partial charge in [-0.2, -0.15) is 0 Å². The Bertz CT molecular complexity index is 222. The molecule has 0 aromatic carbocycles. The minimum Gasteiger partial charge on any atom is -0.347 e. The molecule has 0 aliphatic carbocycles. The highest BCUT2D eigenvalue weighted by Crippen LogP contribution is 2.10. The zero-order chi connectivity index (χ0) is 12.1. The molecule has 0 spiro atoms. The van der Waals surface area contributed by atoms with Crippen LogP contribution in [-0.4, -0.2) is 61.5 Å². The average Bonchev–Trinajstić information content (AvgIpc) is 2.28. The number of amides is 1. The van der Waals surface area contributed by atoms with E-state index >= 15 is 0 Å². The molecule has 1 rings (SSSR count). The SMILES string of the molecule is CCN1CCC(N[C@H](C)C(=O)N(C)C)CC1. The van der Waals surface area contributed by atoms with Crippen LogP contribution in [0.1, 0.15) is 26.7 Å². The smallest absolute Gasteiger partial charge is 0.238 e. The van der Waals surface area contributed by atoms with Crippen LogP contribution >= 0.6 is 0 Å². The van der Waals surface area contributed by atoms with Gasteiger partial charge >= 0.3 is 0 Å². The second kappa shape index (κ2) is 6.21. The van der Waals surface area contributed by atoms with Crippen molar-refractivity contribution >= 4 is 5.91 Å². The lowest BCUT2D eigenvalue weighted by molar-refractivity contribution is -0.130. The van der Waals surface area contributed by atoms with Gasteiger partial charge in [0, 0.05) is 20.1 Å². The topological polar surface area (TPSA) is 35.6 Å². The van der Waals surface area contributed by atoms with Gasteiger partial charge in [-0.25, -0.2) is 0 Å². The number of nitrogens with zero attached hydrogens (tertiary/aromatic N) is 2. The van der Waals surface area contributed by atoms with E-state index in [0.717, 1.165) is 32.5 Å². The Morgan fingerprint density at radius 1 is 1.44 bits per heavy atom. The molecule has 0 bridgehead atoms. The van der Waals surface area contributed by atoms with Crippen molar-refractivity contribution in [2.45, 2.75) is 38.8 Å². The summed E-state index contributed by atoms with van der Waals surface area (Å²) in [6.45, 7) is 7.59. The van der Waals surface area contributed by atoms with Crippen LogP contribution in [0, 0.1) is 0 Å². The fraction of sp³-hybridized carbons (Fsp3) is 0.917. The molecule has 94 valence electrons. The molecule has 4 nitrogen and oxygen atoms in total. The lowest BCUT2D eigenvalue weighted by Crippen LogP contribution is -2.50. The van der Waals surface area contributed by atoms with E-state index < -0.39 is 0 Å². The van der Waals surface area contributed by atoms with Gasteiger partial charge in [-0.1, -0.05) is 6.92 Å². The van der Waals surface area contributed by atoms with Crippen molar-refractivity contribution < 1.29 is 4.79 Å². The van der Waals surface area contributed by atoms with Crippen molar-refractivity contribution in [3.63, 3.8) is 0 Å². The summed E-state index contributed by atoms with van der Waals surface area (Å²) in [6.07, 6.45) is 2.30. The molecule has 0 radical (unpaired) electrons. The number of rotatable bonds is 4. The number of piperidine rings is 1. The molecule has 1 saturated heterocycles. The summed E-state index contributed by atoms with van der Waals surface area (Å²) in [5.74, 6) is 0.165. The average molecular weight is 227 g/mol. The van der Waals surface area contributed by atoms with Crippen molar-refractivity contribution in [2.24, 2.45) is 0 Å². The monoisotopic (exact) mass is 227 g/mol. The summed E-state index contributed by atoms with van der Waals surface area (Å²) in [6, 6.07) is 0.440. The van der Waals surface area contributed by atoms with Gasteiger partial charge in [0.05, 0.1) is 6.04 Å². The predicted octanol–water partition coefficient (Wildman–Crippen LogP) is 0.537. The maximum Gasteiger partial charge on any atom is 0.238 e. The fourth-order valence-electron chi connectivity index (χ4n) is 2.23. The van der Waals surface area contributed by atoms with Crippen LogP contribution in [0.2, 0.25) is 0 Å². The van der Waals surface area contributed by atoms with Gasteiger partial charge in [-0.3, -0.25) is 4.79 Å². The second-order valence-electron chi connectivity index (χ2n) is 4.83. The normalized spacial score (nSPS) is 20.8. The molecular weight excluding hydrogens is 202 g/mol. The molecule has 16 heavy (non-hydrogen) atoms. The molecule has 1 atom stereocenters. The van der Waals surface area contributed by atoms with Gasteiger partial charge in [0.1, 0.15) is 0 Å². The van der Waals surface area contributed by atoms with Crippen LogP contribution in [0.3, 0.4) is 0 Å². The first-order chi connectivity index (χ1) is 7.54. The van der Waals surface area contributed by atoms with Gasteiger partial charge in [0.15, 0.2) is 0 Å². The summed E-state index contributed by atoms with van der Waals surface area (Å²) >= 11 is 0. The fourth-order valence-corrected chi connectivity index (χ4v) is 2.23. The van der Waals surface area contributed by atoms with E-state index in [1.54, 1.807) is 19.0 Å². The minimum atomic E-state index is -0.0619. The highest BCUT2D eigenvalue weighted by atomic mass is 16.2. The zero-order valence-electron chi connectivity index (χ0n) is 11.0. The third-order valence-corrected chi connectivity index (χ3v) is 3.33. The minimum absolute atomic E-state index is 0.0619. The van der Waals surface area contributed by atoms with Crippen molar-refractivity contribution in [3.05, 3.63) is 0 Å². The van der Waals surface area contributed by atoms with E-state index in [1.807, 2.05) is 6.92 Å². The summed E-state index contributed by atoms with van der Waals surface area (Å²) in [4.78, 5) is 15.8. The summed E-state index contributed by atoms with van der Waals surface area (Å²) in [5.41, 5.74) is 0. The highest BCUT2D eigenvalue weighted by Gasteiger charge is 2.22. The quantitative estimate of drug-likeness (QED) is 0.761. The third-order valence-electron chi connectivity index (χ3n) is 3.33. The van der Waals surface area contributed by atoms with Gasteiger partial charge in [-0.15, -0.1) is 0 Å². The first kappa shape index (κ1) is 13.5. The molecule has 0 unspecified atom stereocenters. The molecule has 1 fully saturated rings. The molecular formula is C12H25N3O. The number of carbonyl (C=O) groups is 1.